The topological polar surface area (TPSA) is 58.2 Å². The molecule has 0 bridgehead atoms. The summed E-state index contributed by atoms with van der Waals surface area (Å²) in [5.41, 5.74) is 5.58. The summed E-state index contributed by atoms with van der Waals surface area (Å²) in [7, 11) is 1.65. The Hall–Kier alpha value is -3.86. The van der Waals surface area contributed by atoms with Gasteiger partial charge in [-0.25, -0.2) is 0 Å². The Balaban J connectivity index is 1.55. The van der Waals surface area contributed by atoms with Crippen LogP contribution in [-0.4, -0.2) is 34.7 Å². The average Bonchev–Trinajstić information content (AvgIpc) is 3.38. The molecule has 0 saturated carbocycles. The molecule has 0 fully saturated rings. The summed E-state index contributed by atoms with van der Waals surface area (Å²) in [6.45, 7) is 0.632. The van der Waals surface area contributed by atoms with E-state index in [-0.39, 0.29) is 11.9 Å². The molecule has 1 N–H and O–H groups in total. The molecule has 1 unspecified atom stereocenters. The summed E-state index contributed by atoms with van der Waals surface area (Å²) in [4.78, 5) is 15.3. The molecule has 1 aliphatic heterocycles. The molecule has 5 heteroatoms. The largest absolute Gasteiger partial charge is 0.497 e. The van der Waals surface area contributed by atoms with Crippen molar-refractivity contribution in [3.63, 3.8) is 0 Å². The van der Waals surface area contributed by atoms with E-state index in [1.165, 1.54) is 5.56 Å². The number of nitrogens with one attached hydrogen (secondary N) is 1. The predicted molar refractivity (Wildman–Crippen MR) is 120 cm³/mol. The number of aromatic amines is 1. The Kier molecular flexibility index (Phi) is 5.00. The minimum Gasteiger partial charge on any atom is -0.497 e. The summed E-state index contributed by atoms with van der Waals surface area (Å²) >= 11 is 0. The molecule has 0 spiro atoms. The van der Waals surface area contributed by atoms with E-state index in [0.29, 0.717) is 12.2 Å². The molecule has 4 aromatic rings. The Bertz CT molecular complexity index is 1180. The molecule has 1 atom stereocenters. The molecule has 1 aliphatic rings. The minimum absolute atomic E-state index is 0.00736. The number of carbonyl (C=O) groups is 1. The SMILES string of the molecule is COc1ccc(-c2n[nH]c3c2C(c2ccccc2)N(CCc2ccccc2)C3=O)cc1. The standard InChI is InChI=1S/C26H23N3O2/c1-31-21-14-12-19(13-15-21)23-22-24(28-27-23)26(30)29(17-16-18-8-4-2-5-9-18)25(22)20-10-6-3-7-11-20/h2-15,25H,16-17H2,1H3,(H,27,28). The van der Waals surface area contributed by atoms with Crippen LogP contribution in [0.1, 0.15) is 33.2 Å². The first-order valence-corrected chi connectivity index (χ1v) is 10.4. The van der Waals surface area contributed by atoms with Crippen molar-refractivity contribution in [2.24, 2.45) is 0 Å². The van der Waals surface area contributed by atoms with Crippen molar-refractivity contribution in [3.8, 4) is 17.0 Å². The number of nitrogens with zero attached hydrogens (tertiary/aromatic N) is 2. The summed E-state index contributed by atoms with van der Waals surface area (Å²) in [5, 5.41) is 7.55. The normalized spacial score (nSPS) is 15.2. The summed E-state index contributed by atoms with van der Waals surface area (Å²) in [6, 6.07) is 28.1. The molecule has 0 radical (unpaired) electrons. The Morgan fingerprint density at radius 1 is 0.935 bits per heavy atom. The monoisotopic (exact) mass is 409 g/mol. The zero-order chi connectivity index (χ0) is 21.2. The number of amides is 1. The van der Waals surface area contributed by atoms with Crippen LogP contribution >= 0.6 is 0 Å². The quantitative estimate of drug-likeness (QED) is 0.494. The van der Waals surface area contributed by atoms with E-state index in [9.17, 15) is 4.79 Å². The highest BCUT2D eigenvalue weighted by Gasteiger charge is 2.41. The van der Waals surface area contributed by atoms with Crippen molar-refractivity contribution in [1.82, 2.24) is 15.1 Å². The van der Waals surface area contributed by atoms with Crippen molar-refractivity contribution in [2.75, 3.05) is 13.7 Å². The first-order valence-electron chi connectivity index (χ1n) is 10.4. The smallest absolute Gasteiger partial charge is 0.273 e. The predicted octanol–water partition coefficient (Wildman–Crippen LogP) is 4.87. The molecular formula is C26H23N3O2. The van der Waals surface area contributed by atoms with E-state index < -0.39 is 0 Å². The maximum Gasteiger partial charge on any atom is 0.273 e. The fourth-order valence-corrected chi connectivity index (χ4v) is 4.27. The lowest BCUT2D eigenvalue weighted by Crippen LogP contribution is -2.31. The third kappa shape index (κ3) is 3.48. The van der Waals surface area contributed by atoms with Crippen molar-refractivity contribution in [1.29, 1.82) is 0 Å². The number of carbonyl (C=O) groups excluding carboxylic acids is 1. The molecule has 1 aromatic heterocycles. The van der Waals surface area contributed by atoms with Gasteiger partial charge in [-0.1, -0.05) is 60.7 Å². The summed E-state index contributed by atoms with van der Waals surface area (Å²) in [5.74, 6) is 0.781. The van der Waals surface area contributed by atoms with Gasteiger partial charge >= 0.3 is 0 Å². The second kappa shape index (κ2) is 8.11. The number of methoxy groups -OCH3 is 1. The molecule has 154 valence electrons. The number of benzene rings is 3. The van der Waals surface area contributed by atoms with Gasteiger partial charge in [0, 0.05) is 17.7 Å². The van der Waals surface area contributed by atoms with Crippen LogP contribution in [0.5, 0.6) is 5.75 Å². The number of H-pyrrole nitrogens is 1. The number of fused-ring (bicyclic) bond motifs is 1. The van der Waals surface area contributed by atoms with Gasteiger partial charge in [0.2, 0.25) is 0 Å². The fraction of sp³-hybridized carbons (Fsp3) is 0.154. The van der Waals surface area contributed by atoms with Gasteiger partial charge in [0.25, 0.3) is 5.91 Å². The average molecular weight is 409 g/mol. The van der Waals surface area contributed by atoms with Crippen molar-refractivity contribution < 1.29 is 9.53 Å². The van der Waals surface area contributed by atoms with Gasteiger partial charge in [-0.3, -0.25) is 9.89 Å². The maximum absolute atomic E-state index is 13.4. The highest BCUT2D eigenvalue weighted by atomic mass is 16.5. The van der Waals surface area contributed by atoms with Gasteiger partial charge in [0.05, 0.1) is 18.8 Å². The van der Waals surface area contributed by atoms with Gasteiger partial charge < -0.3 is 9.64 Å². The third-order valence-electron chi connectivity index (χ3n) is 5.83. The highest BCUT2D eigenvalue weighted by Crippen LogP contribution is 2.42. The van der Waals surface area contributed by atoms with Gasteiger partial charge in [0.1, 0.15) is 11.4 Å². The molecule has 2 heterocycles. The minimum atomic E-state index is -0.178. The first kappa shape index (κ1) is 19.1. The Morgan fingerprint density at radius 2 is 1.61 bits per heavy atom. The molecule has 1 amide bonds. The number of ether oxygens (including phenoxy) is 1. The van der Waals surface area contributed by atoms with Crippen LogP contribution in [0.4, 0.5) is 0 Å². The summed E-state index contributed by atoms with van der Waals surface area (Å²) in [6.07, 6.45) is 0.797. The molecular weight excluding hydrogens is 386 g/mol. The fourth-order valence-electron chi connectivity index (χ4n) is 4.27. The van der Waals surface area contributed by atoms with E-state index >= 15 is 0 Å². The molecule has 5 rings (SSSR count). The molecule has 0 aliphatic carbocycles. The van der Waals surface area contributed by atoms with Crippen LogP contribution in [0.2, 0.25) is 0 Å². The Labute approximate surface area is 181 Å². The van der Waals surface area contributed by atoms with Gasteiger partial charge in [0.15, 0.2) is 0 Å². The van der Waals surface area contributed by atoms with Crippen LogP contribution in [0.3, 0.4) is 0 Å². The molecule has 3 aromatic carbocycles. The van der Waals surface area contributed by atoms with Crippen molar-refractivity contribution >= 4 is 5.91 Å². The first-order chi connectivity index (χ1) is 15.3. The van der Waals surface area contributed by atoms with E-state index in [1.54, 1.807) is 7.11 Å². The molecule has 0 saturated heterocycles. The highest BCUT2D eigenvalue weighted by molar-refractivity contribution is 6.00. The zero-order valence-electron chi connectivity index (χ0n) is 17.3. The lowest BCUT2D eigenvalue weighted by Gasteiger charge is -2.26. The van der Waals surface area contributed by atoms with Gasteiger partial charge in [-0.15, -0.1) is 0 Å². The Morgan fingerprint density at radius 3 is 2.29 bits per heavy atom. The summed E-state index contributed by atoms with van der Waals surface area (Å²) < 4.78 is 5.29. The zero-order valence-corrected chi connectivity index (χ0v) is 17.3. The number of aromatic nitrogens is 2. The number of hydrogen-bond donors (Lipinski definition) is 1. The van der Waals surface area contributed by atoms with Crippen molar-refractivity contribution in [3.05, 3.63) is 107 Å². The van der Waals surface area contributed by atoms with E-state index in [4.69, 9.17) is 4.74 Å². The third-order valence-corrected chi connectivity index (χ3v) is 5.83. The van der Waals surface area contributed by atoms with Gasteiger partial charge in [-0.2, -0.15) is 5.10 Å². The maximum atomic E-state index is 13.4. The van der Waals surface area contributed by atoms with E-state index in [2.05, 4.69) is 34.5 Å². The second-order valence-electron chi connectivity index (χ2n) is 7.64. The van der Waals surface area contributed by atoms with E-state index in [0.717, 1.165) is 34.6 Å². The van der Waals surface area contributed by atoms with E-state index in [1.807, 2.05) is 65.6 Å². The number of hydrogen-bond acceptors (Lipinski definition) is 3. The van der Waals surface area contributed by atoms with Crippen LogP contribution in [0.15, 0.2) is 84.9 Å². The van der Waals surface area contributed by atoms with Crippen molar-refractivity contribution in [2.45, 2.75) is 12.5 Å². The molecule has 5 nitrogen and oxygen atoms in total. The second-order valence-corrected chi connectivity index (χ2v) is 7.64. The van der Waals surface area contributed by atoms with Crippen LogP contribution in [0.25, 0.3) is 11.3 Å². The molecule has 31 heavy (non-hydrogen) atoms. The van der Waals surface area contributed by atoms with Crippen LogP contribution in [0, 0.1) is 0 Å². The van der Waals surface area contributed by atoms with Crippen LogP contribution < -0.4 is 4.74 Å². The lowest BCUT2D eigenvalue weighted by molar-refractivity contribution is 0.0746. The number of rotatable bonds is 6. The lowest BCUT2D eigenvalue weighted by atomic mass is 9.96. The van der Waals surface area contributed by atoms with Crippen LogP contribution in [-0.2, 0) is 6.42 Å². The van der Waals surface area contributed by atoms with Gasteiger partial charge in [-0.05, 0) is 41.8 Å².